The van der Waals surface area contributed by atoms with Gasteiger partial charge in [-0.15, -0.1) is 0 Å². The lowest BCUT2D eigenvalue weighted by Crippen LogP contribution is -2.34. The highest BCUT2D eigenvalue weighted by Crippen LogP contribution is 2.39. The SMILES string of the molecule is CN(C)C=NCc1nc(C2CC2)no1.N#CC1CC1.N/C(=N\O)C1CC1.NCc1nc(C2CC2)no1.O=C(O)CN1C(=O)c2ccccc2C1=O.O=C1c2ccccc2C(=O)N1Cc1nc(C2CC2)no1. The highest BCUT2D eigenvalue weighted by atomic mass is 16.5. The van der Waals surface area contributed by atoms with Gasteiger partial charge in [-0.05, 0) is 88.5 Å². The number of oxime groups is 1. The van der Waals surface area contributed by atoms with Gasteiger partial charge in [-0.25, -0.2) is 0 Å². The van der Waals surface area contributed by atoms with Crippen LogP contribution >= 0.6 is 0 Å². The molecule has 0 bridgehead atoms. The van der Waals surface area contributed by atoms with E-state index >= 15 is 0 Å². The second-order valence-corrected chi connectivity index (χ2v) is 17.7. The monoisotopic (exact) mass is 974 g/mol. The van der Waals surface area contributed by atoms with Gasteiger partial charge in [0.2, 0.25) is 17.7 Å². The van der Waals surface area contributed by atoms with Crippen LogP contribution in [0.4, 0.5) is 0 Å². The molecule has 0 spiro atoms. The summed E-state index contributed by atoms with van der Waals surface area (Å²) in [5.74, 6) is 3.61. The van der Waals surface area contributed by atoms with Crippen LogP contribution in [-0.2, 0) is 24.4 Å². The zero-order valence-electron chi connectivity index (χ0n) is 39.2. The van der Waals surface area contributed by atoms with Crippen molar-refractivity contribution in [2.75, 3.05) is 20.6 Å². The van der Waals surface area contributed by atoms with Crippen molar-refractivity contribution in [2.45, 2.75) is 102 Å². The average molecular weight is 975 g/mol. The second kappa shape index (κ2) is 23.4. The number of carbonyl (C=O) groups is 5. The first-order valence-corrected chi connectivity index (χ1v) is 23.1. The van der Waals surface area contributed by atoms with Crippen LogP contribution in [0.15, 0.2) is 72.2 Å². The molecule has 3 aromatic heterocycles. The molecule has 372 valence electrons. The minimum absolute atomic E-state index is 0.0338. The highest BCUT2D eigenvalue weighted by Gasteiger charge is 2.38. The van der Waals surface area contributed by atoms with Gasteiger partial charge in [-0.3, -0.25) is 38.8 Å². The van der Waals surface area contributed by atoms with E-state index in [4.69, 9.17) is 40.6 Å². The van der Waals surface area contributed by atoms with Crippen LogP contribution < -0.4 is 11.5 Å². The summed E-state index contributed by atoms with van der Waals surface area (Å²) in [6, 6.07) is 15.2. The van der Waals surface area contributed by atoms with Crippen LogP contribution in [0.3, 0.4) is 0 Å². The molecule has 0 unspecified atom stereocenters. The number of aliphatic imine (C=N–C) groups is 1. The third-order valence-electron chi connectivity index (χ3n) is 11.2. The van der Waals surface area contributed by atoms with Crippen LogP contribution in [0.1, 0.15) is 159 Å². The molecule has 12 rings (SSSR count). The summed E-state index contributed by atoms with van der Waals surface area (Å²) >= 11 is 0. The molecular formula is C47H54N14O10. The summed E-state index contributed by atoms with van der Waals surface area (Å²) < 4.78 is 15.0. The molecule has 7 aliphatic rings. The molecule has 5 aliphatic carbocycles. The number of rotatable bonds is 12. The number of aliphatic carboxylic acids is 1. The Labute approximate surface area is 406 Å². The lowest BCUT2D eigenvalue weighted by molar-refractivity contribution is -0.137. The predicted octanol–water partition coefficient (Wildman–Crippen LogP) is 4.62. The number of nitrogens with two attached hydrogens (primary N) is 2. The van der Waals surface area contributed by atoms with E-state index in [9.17, 15) is 24.0 Å². The van der Waals surface area contributed by atoms with E-state index < -0.39 is 24.3 Å². The van der Waals surface area contributed by atoms with Crippen LogP contribution in [0, 0.1) is 23.2 Å². The molecule has 0 radical (unpaired) electrons. The molecule has 0 atom stereocenters. The number of aromatic nitrogens is 6. The Balaban J connectivity index is 0.000000131. The molecule has 71 heavy (non-hydrogen) atoms. The first-order chi connectivity index (χ1) is 34.3. The number of nitrogens with zero attached hydrogens (tertiary/aromatic N) is 12. The number of amidine groups is 1. The second-order valence-electron chi connectivity index (χ2n) is 17.7. The molecule has 4 amide bonds. The summed E-state index contributed by atoms with van der Waals surface area (Å²) in [4.78, 5) is 78.5. The Kier molecular flexibility index (Phi) is 16.7. The summed E-state index contributed by atoms with van der Waals surface area (Å²) in [6.45, 7) is 0.260. The Morgan fingerprint density at radius 1 is 0.718 bits per heavy atom. The fourth-order valence-corrected chi connectivity index (χ4v) is 6.53. The normalized spacial score (nSPS) is 17.5. The van der Waals surface area contributed by atoms with E-state index in [-0.39, 0.29) is 29.5 Å². The van der Waals surface area contributed by atoms with Gasteiger partial charge in [0, 0.05) is 43.7 Å². The van der Waals surface area contributed by atoms with Crippen molar-refractivity contribution in [2.24, 2.45) is 33.5 Å². The van der Waals surface area contributed by atoms with Gasteiger partial charge in [0.15, 0.2) is 17.5 Å². The van der Waals surface area contributed by atoms with Crippen LogP contribution in [0.2, 0.25) is 0 Å². The lowest BCUT2D eigenvalue weighted by Gasteiger charge is -2.09. The van der Waals surface area contributed by atoms with Crippen LogP contribution in [0.5, 0.6) is 0 Å². The number of benzene rings is 2. The quantitative estimate of drug-likeness (QED) is 0.0435. The molecule has 2 aliphatic heterocycles. The number of carboxylic acid groups (broad SMARTS) is 1. The van der Waals surface area contributed by atoms with E-state index in [1.54, 1.807) is 42.7 Å². The van der Waals surface area contributed by atoms with Gasteiger partial charge < -0.3 is 40.3 Å². The minimum atomic E-state index is -1.20. The van der Waals surface area contributed by atoms with E-state index in [1.807, 2.05) is 19.0 Å². The van der Waals surface area contributed by atoms with Crippen molar-refractivity contribution in [1.29, 1.82) is 5.26 Å². The number of fused-ring (bicyclic) bond motifs is 2. The first-order valence-electron chi connectivity index (χ1n) is 23.1. The number of amides is 4. The Morgan fingerprint density at radius 3 is 1.48 bits per heavy atom. The van der Waals surface area contributed by atoms with Gasteiger partial charge in [0.1, 0.15) is 25.5 Å². The summed E-state index contributed by atoms with van der Waals surface area (Å²) in [5.41, 5.74) is 11.9. The fraction of sp³-hybridized carbons (Fsp3) is 0.447. The Morgan fingerprint density at radius 2 is 1.14 bits per heavy atom. The van der Waals surface area contributed by atoms with Crippen molar-refractivity contribution < 1.29 is 47.9 Å². The maximum atomic E-state index is 12.2. The average Bonchev–Trinajstić information content (AvgIpc) is 4.13. The van der Waals surface area contributed by atoms with E-state index in [0.717, 1.165) is 60.0 Å². The minimum Gasteiger partial charge on any atom is -0.480 e. The van der Waals surface area contributed by atoms with E-state index in [0.29, 0.717) is 83.1 Å². The fourth-order valence-electron chi connectivity index (χ4n) is 6.53. The van der Waals surface area contributed by atoms with Crippen molar-refractivity contribution in [3.8, 4) is 6.07 Å². The van der Waals surface area contributed by atoms with Gasteiger partial charge >= 0.3 is 5.97 Å². The van der Waals surface area contributed by atoms with Gasteiger partial charge in [0.25, 0.3) is 23.6 Å². The van der Waals surface area contributed by atoms with Crippen molar-refractivity contribution >= 4 is 41.8 Å². The van der Waals surface area contributed by atoms with Crippen LogP contribution in [0.25, 0.3) is 0 Å². The zero-order valence-corrected chi connectivity index (χ0v) is 39.2. The Bertz CT molecular complexity index is 2720. The summed E-state index contributed by atoms with van der Waals surface area (Å²) in [6.07, 6.45) is 13.2. The third kappa shape index (κ3) is 14.4. The van der Waals surface area contributed by atoms with E-state index in [2.05, 4.69) is 46.6 Å². The van der Waals surface area contributed by atoms with Crippen molar-refractivity contribution in [3.63, 3.8) is 0 Å². The smallest absolute Gasteiger partial charge is 0.323 e. The first kappa shape index (κ1) is 50.7. The van der Waals surface area contributed by atoms with E-state index in [1.165, 1.54) is 37.8 Å². The third-order valence-corrected chi connectivity index (χ3v) is 11.2. The largest absolute Gasteiger partial charge is 0.480 e. The molecule has 24 nitrogen and oxygen atoms in total. The molecule has 2 aromatic carbocycles. The molecule has 0 saturated heterocycles. The number of hydrogen-bond acceptors (Lipinski definition) is 19. The maximum absolute atomic E-state index is 12.2. The van der Waals surface area contributed by atoms with Gasteiger partial charge in [-0.1, -0.05) is 44.9 Å². The highest BCUT2D eigenvalue weighted by molar-refractivity contribution is 6.22. The van der Waals surface area contributed by atoms with Gasteiger partial charge in [0.05, 0.1) is 41.2 Å². The molecule has 5 saturated carbocycles. The summed E-state index contributed by atoms with van der Waals surface area (Å²) in [7, 11) is 3.85. The Hall–Kier alpha value is -8.20. The number of carboxylic acids is 1. The van der Waals surface area contributed by atoms with Gasteiger partial charge in [-0.2, -0.15) is 20.2 Å². The van der Waals surface area contributed by atoms with Crippen molar-refractivity contribution in [3.05, 3.63) is 106 Å². The standard InChI is InChI=1S/C14H11N3O3.C10H7NO4.C9H14N4O.C6H9N3O.C4H8N2O.C4H5N/c18-13-9-3-1-2-4-10(9)14(19)17(13)7-11-15-12(16-20-11)8-5-6-8;12-8(13)5-11-9(14)6-3-1-2-4-7(6)10(11)15;1-13(2)6-10-5-8-11-9(12-14-8)7-3-4-7;7-3-5-8-6(9-10-5)4-1-2-4;5-4(6-7)3-1-2-3;5-3-4-1-2-4/h1-4,8H,5-7H2;1-4H,5H2,(H,12,13);6-7H,3-5H2,1-2H3;4H,1-3,7H2;3,7H,1-2H2,(H2,5,6);4H,1-2H2. The predicted molar refractivity (Wildman–Crippen MR) is 247 cm³/mol. The number of imide groups is 2. The number of hydrogen-bond donors (Lipinski definition) is 4. The molecule has 5 fully saturated rings. The number of nitriles is 1. The molecular weight excluding hydrogens is 921 g/mol. The molecule has 5 aromatic rings. The molecule has 5 heterocycles. The topological polar surface area (TPSA) is 353 Å². The van der Waals surface area contributed by atoms with Crippen molar-refractivity contribution in [1.82, 2.24) is 45.1 Å². The summed E-state index contributed by atoms with van der Waals surface area (Å²) in [5, 5.41) is 38.9. The molecule has 6 N–H and O–H groups in total. The zero-order chi connectivity index (χ0) is 50.6. The van der Waals surface area contributed by atoms with Crippen LogP contribution in [-0.4, -0.2) is 118 Å². The maximum Gasteiger partial charge on any atom is 0.323 e. The molecule has 24 heteroatoms. The number of carbonyl (C=O) groups excluding carboxylic acids is 4. The lowest BCUT2D eigenvalue weighted by atomic mass is 10.1.